The van der Waals surface area contributed by atoms with E-state index in [4.69, 9.17) is 0 Å². The number of nitro groups is 1. The second kappa shape index (κ2) is 6.96. The molecular weight excluding hydrogens is 356 g/mol. The number of aromatic nitrogens is 2. The maximum Gasteiger partial charge on any atom is 0.262 e. The highest BCUT2D eigenvalue weighted by Gasteiger charge is 2.10. The number of aromatic amines is 1. The fourth-order valence-electron chi connectivity index (χ4n) is 2.95. The second-order valence-electron chi connectivity index (χ2n) is 6.37. The molecule has 0 atom stereocenters. The predicted octanol–water partition coefficient (Wildman–Crippen LogP) is 4.27. The van der Waals surface area contributed by atoms with E-state index in [1.165, 1.54) is 12.3 Å². The molecule has 4 rings (SSSR count). The number of para-hydroxylation sites is 2. The lowest BCUT2D eigenvalue weighted by Crippen LogP contribution is -2.02. The van der Waals surface area contributed by atoms with Crippen LogP contribution in [0.1, 0.15) is 11.1 Å². The molecule has 3 aromatic carbocycles. The summed E-state index contributed by atoms with van der Waals surface area (Å²) >= 11 is 0. The summed E-state index contributed by atoms with van der Waals surface area (Å²) in [6.45, 7) is 1.70. The monoisotopic (exact) mass is 371 g/mol. The molecule has 1 heterocycles. The molecule has 0 bridgehead atoms. The Morgan fingerprint density at radius 1 is 1.11 bits per heavy atom. The van der Waals surface area contributed by atoms with E-state index in [2.05, 4.69) is 15.0 Å². The Morgan fingerprint density at radius 2 is 1.86 bits per heavy atom. The van der Waals surface area contributed by atoms with Crippen LogP contribution in [-0.2, 0) is 0 Å². The molecule has 4 aromatic rings. The van der Waals surface area contributed by atoms with Gasteiger partial charge in [0.15, 0.2) is 0 Å². The molecule has 0 fully saturated rings. The highest BCUT2D eigenvalue weighted by atomic mass is 16.6. The van der Waals surface area contributed by atoms with Gasteiger partial charge in [0.1, 0.15) is 5.82 Å². The van der Waals surface area contributed by atoms with Crippen LogP contribution < -0.4 is 5.11 Å². The second-order valence-corrected chi connectivity index (χ2v) is 6.37. The van der Waals surface area contributed by atoms with E-state index >= 15 is 0 Å². The Morgan fingerprint density at radius 3 is 2.57 bits per heavy atom. The molecule has 1 aromatic heterocycles. The summed E-state index contributed by atoms with van der Waals surface area (Å²) in [6, 6.07) is 18.0. The third-order valence-corrected chi connectivity index (χ3v) is 4.32. The number of nitro benzene ring substituents is 1. The zero-order valence-electron chi connectivity index (χ0n) is 14.9. The number of benzene rings is 3. The van der Waals surface area contributed by atoms with Crippen LogP contribution in [0.15, 0.2) is 65.7 Å². The van der Waals surface area contributed by atoms with Crippen molar-refractivity contribution in [3.05, 3.63) is 81.9 Å². The summed E-state index contributed by atoms with van der Waals surface area (Å²) < 4.78 is 0. The van der Waals surface area contributed by atoms with Crippen LogP contribution >= 0.6 is 0 Å². The number of hydrogen-bond acceptors (Lipinski definition) is 5. The highest BCUT2D eigenvalue weighted by molar-refractivity contribution is 5.87. The molecule has 0 saturated carbocycles. The zero-order valence-corrected chi connectivity index (χ0v) is 14.9. The SMILES string of the molecule is Cc1cc(C=Nc2ccc(-c3nc4ccccc4[nH]3)cc2)c([O-])c([N+](=O)[O-])c1. The van der Waals surface area contributed by atoms with Gasteiger partial charge in [-0.05, 0) is 60.2 Å². The minimum absolute atomic E-state index is 0.188. The molecule has 7 heteroatoms. The van der Waals surface area contributed by atoms with E-state index in [9.17, 15) is 15.2 Å². The van der Waals surface area contributed by atoms with Crippen molar-refractivity contribution < 1.29 is 10.0 Å². The Hall–Kier alpha value is -4.00. The number of fused-ring (bicyclic) bond motifs is 1. The first-order chi connectivity index (χ1) is 13.5. The fraction of sp³-hybridized carbons (Fsp3) is 0.0476. The number of H-pyrrole nitrogens is 1. The number of nitrogens with one attached hydrogen (secondary N) is 1. The smallest absolute Gasteiger partial charge is 0.262 e. The Kier molecular flexibility index (Phi) is 4.33. The Labute approximate surface area is 160 Å². The lowest BCUT2D eigenvalue weighted by Gasteiger charge is -2.11. The van der Waals surface area contributed by atoms with E-state index in [0.29, 0.717) is 11.3 Å². The summed E-state index contributed by atoms with van der Waals surface area (Å²) in [5.74, 6) is 0.117. The van der Waals surface area contributed by atoms with Gasteiger partial charge in [-0.15, -0.1) is 0 Å². The van der Waals surface area contributed by atoms with Gasteiger partial charge in [0.05, 0.1) is 21.6 Å². The minimum atomic E-state index is -0.672. The number of aliphatic imine (C=N–C) groups is 1. The molecule has 0 unspecified atom stereocenters. The lowest BCUT2D eigenvalue weighted by molar-refractivity contribution is -0.398. The van der Waals surface area contributed by atoms with Crippen molar-refractivity contribution in [2.45, 2.75) is 6.92 Å². The largest absolute Gasteiger partial charge is 0.867 e. The summed E-state index contributed by atoms with van der Waals surface area (Å²) in [7, 11) is 0. The van der Waals surface area contributed by atoms with Crippen LogP contribution in [0.2, 0.25) is 0 Å². The predicted molar refractivity (Wildman–Crippen MR) is 106 cm³/mol. The number of imidazole rings is 1. The topological polar surface area (TPSA) is 107 Å². The molecule has 28 heavy (non-hydrogen) atoms. The van der Waals surface area contributed by atoms with Crippen molar-refractivity contribution in [3.8, 4) is 17.1 Å². The number of aryl methyl sites for hydroxylation is 1. The van der Waals surface area contributed by atoms with Crippen LogP contribution in [0.3, 0.4) is 0 Å². The molecule has 0 saturated heterocycles. The first kappa shape index (κ1) is 17.4. The molecule has 138 valence electrons. The molecule has 1 N–H and O–H groups in total. The minimum Gasteiger partial charge on any atom is -0.867 e. The summed E-state index contributed by atoms with van der Waals surface area (Å²) in [5, 5.41) is 23.2. The lowest BCUT2D eigenvalue weighted by atomic mass is 10.1. The quantitative estimate of drug-likeness (QED) is 0.328. The molecule has 0 aliphatic heterocycles. The Balaban J connectivity index is 1.60. The fourth-order valence-corrected chi connectivity index (χ4v) is 2.95. The van der Waals surface area contributed by atoms with Crippen molar-refractivity contribution in [1.29, 1.82) is 0 Å². The van der Waals surface area contributed by atoms with E-state index in [1.54, 1.807) is 25.1 Å². The van der Waals surface area contributed by atoms with Gasteiger partial charge in [0.25, 0.3) is 5.69 Å². The zero-order chi connectivity index (χ0) is 19.7. The van der Waals surface area contributed by atoms with Gasteiger partial charge in [0, 0.05) is 17.8 Å². The Bertz CT molecular complexity index is 1180. The first-order valence-electron chi connectivity index (χ1n) is 8.56. The van der Waals surface area contributed by atoms with Crippen molar-refractivity contribution in [2.75, 3.05) is 0 Å². The molecule has 7 nitrogen and oxygen atoms in total. The van der Waals surface area contributed by atoms with Crippen LogP contribution in [0.5, 0.6) is 5.75 Å². The van der Waals surface area contributed by atoms with Crippen LogP contribution in [0.25, 0.3) is 22.4 Å². The summed E-state index contributed by atoms with van der Waals surface area (Å²) in [6.07, 6.45) is 1.36. The average Bonchev–Trinajstić information content (AvgIpc) is 3.13. The maximum absolute atomic E-state index is 12.2. The van der Waals surface area contributed by atoms with E-state index in [0.717, 1.165) is 22.4 Å². The van der Waals surface area contributed by atoms with E-state index in [-0.39, 0.29) is 5.56 Å². The van der Waals surface area contributed by atoms with E-state index in [1.807, 2.05) is 36.4 Å². The molecule has 0 radical (unpaired) electrons. The normalized spacial score (nSPS) is 11.3. The number of nitrogens with zero attached hydrogens (tertiary/aromatic N) is 3. The summed E-state index contributed by atoms with van der Waals surface area (Å²) in [4.78, 5) is 22.4. The van der Waals surface area contributed by atoms with Gasteiger partial charge < -0.3 is 10.1 Å². The van der Waals surface area contributed by atoms with Gasteiger partial charge in [-0.1, -0.05) is 18.2 Å². The molecular formula is C21H15N4O3-. The standard InChI is InChI=1S/C21H16N4O3/c1-13-10-15(20(26)19(11-13)25(27)28)12-22-16-8-6-14(7-9-16)21-23-17-4-2-3-5-18(17)24-21/h2-12,26H,1H3,(H,23,24)/p-1. The van der Waals surface area contributed by atoms with Gasteiger partial charge in [-0.2, -0.15) is 0 Å². The number of rotatable bonds is 4. The van der Waals surface area contributed by atoms with Gasteiger partial charge in [-0.3, -0.25) is 15.1 Å². The summed E-state index contributed by atoms with van der Waals surface area (Å²) in [5.41, 5.74) is 3.77. The third-order valence-electron chi connectivity index (χ3n) is 4.32. The molecule has 0 aliphatic rings. The molecule has 0 spiro atoms. The number of hydrogen-bond donors (Lipinski definition) is 1. The van der Waals surface area contributed by atoms with Crippen LogP contribution in [-0.4, -0.2) is 21.1 Å². The van der Waals surface area contributed by atoms with Gasteiger partial charge in [0.2, 0.25) is 0 Å². The molecule has 0 aliphatic carbocycles. The average molecular weight is 371 g/mol. The highest BCUT2D eigenvalue weighted by Crippen LogP contribution is 2.28. The third kappa shape index (κ3) is 3.33. The maximum atomic E-state index is 12.2. The van der Waals surface area contributed by atoms with Gasteiger partial charge in [-0.25, -0.2) is 4.98 Å². The van der Waals surface area contributed by atoms with Crippen molar-refractivity contribution in [2.24, 2.45) is 4.99 Å². The van der Waals surface area contributed by atoms with Gasteiger partial charge >= 0.3 is 0 Å². The van der Waals surface area contributed by atoms with E-state index < -0.39 is 16.4 Å². The first-order valence-corrected chi connectivity index (χ1v) is 8.56. The van der Waals surface area contributed by atoms with Crippen LogP contribution in [0.4, 0.5) is 11.4 Å². The van der Waals surface area contributed by atoms with Crippen molar-refractivity contribution >= 4 is 28.6 Å². The molecule has 0 amide bonds. The van der Waals surface area contributed by atoms with Crippen molar-refractivity contribution in [3.63, 3.8) is 0 Å². The van der Waals surface area contributed by atoms with Crippen molar-refractivity contribution in [1.82, 2.24) is 9.97 Å². The van der Waals surface area contributed by atoms with Crippen LogP contribution in [0, 0.1) is 17.0 Å².